The maximum absolute atomic E-state index is 12.1. The van der Waals surface area contributed by atoms with Crippen LogP contribution in [0.3, 0.4) is 0 Å². The normalized spacial score (nSPS) is 10.8. The maximum Gasteiger partial charge on any atom is 0.420 e. The van der Waals surface area contributed by atoms with Gasteiger partial charge in [0.25, 0.3) is 0 Å². The summed E-state index contributed by atoms with van der Waals surface area (Å²) in [7, 11) is 1.54. The summed E-state index contributed by atoms with van der Waals surface area (Å²) in [5.74, 6) is 0.468. The van der Waals surface area contributed by atoms with Crippen LogP contribution in [0.2, 0.25) is 0 Å². The molecule has 0 aromatic carbocycles. The summed E-state index contributed by atoms with van der Waals surface area (Å²) < 4.78 is 11.9. The monoisotopic (exact) mass is 292 g/mol. The molecule has 0 radical (unpaired) electrons. The van der Waals surface area contributed by atoms with Gasteiger partial charge in [-0.15, -0.1) is 0 Å². The molecule has 0 amide bonds. The van der Waals surface area contributed by atoms with Crippen molar-refractivity contribution in [1.82, 2.24) is 9.55 Å². The van der Waals surface area contributed by atoms with E-state index >= 15 is 0 Å². The average molecular weight is 292 g/mol. The molecule has 21 heavy (non-hydrogen) atoms. The smallest absolute Gasteiger partial charge is 0.420 e. The number of hydrogen-bond acceptors (Lipinski definition) is 4. The molecule has 116 valence electrons. The molecule has 0 atom stereocenters. The molecule has 2 heterocycles. The van der Waals surface area contributed by atoms with Crippen molar-refractivity contribution in [2.75, 3.05) is 7.11 Å². The lowest BCUT2D eigenvalue weighted by atomic mass is 10.2. The van der Waals surface area contributed by atoms with Gasteiger partial charge < -0.3 is 9.47 Å². The molecule has 0 N–H and O–H groups in total. The fourth-order valence-corrected chi connectivity index (χ4v) is 1.81. The molecule has 2 aromatic rings. The van der Waals surface area contributed by atoms with Crippen LogP contribution in [0.5, 0.6) is 5.88 Å². The van der Waals surface area contributed by atoms with Crippen LogP contribution >= 0.6 is 0 Å². The molecular formula is C16H24N2O3. The molecule has 0 spiro atoms. The number of hydrogen-bond donors (Lipinski definition) is 0. The molecular weight excluding hydrogens is 268 g/mol. The number of rotatable bonds is 1. The molecule has 5 nitrogen and oxygen atoms in total. The minimum absolute atomic E-state index is 0.439. The number of aryl methyl sites for hydroxylation is 1. The van der Waals surface area contributed by atoms with Gasteiger partial charge in [0.15, 0.2) is 5.65 Å². The van der Waals surface area contributed by atoms with Crippen molar-refractivity contribution < 1.29 is 14.3 Å². The first-order chi connectivity index (χ1) is 9.81. The zero-order valence-corrected chi connectivity index (χ0v) is 13.9. The Labute approximate surface area is 125 Å². The number of carbonyl (C=O) groups excluding carboxylic acids is 1. The first kappa shape index (κ1) is 17.0. The van der Waals surface area contributed by atoms with Gasteiger partial charge in [-0.05, 0) is 39.3 Å². The second-order valence-electron chi connectivity index (χ2n) is 5.39. The van der Waals surface area contributed by atoms with Crippen LogP contribution in [-0.2, 0) is 4.74 Å². The van der Waals surface area contributed by atoms with Gasteiger partial charge >= 0.3 is 6.09 Å². The van der Waals surface area contributed by atoms with E-state index in [4.69, 9.17) is 9.47 Å². The van der Waals surface area contributed by atoms with E-state index < -0.39 is 11.7 Å². The Hall–Kier alpha value is -2.04. The van der Waals surface area contributed by atoms with Gasteiger partial charge in [0.05, 0.1) is 7.11 Å². The summed E-state index contributed by atoms with van der Waals surface area (Å²) in [4.78, 5) is 16.5. The van der Waals surface area contributed by atoms with Crippen LogP contribution < -0.4 is 4.74 Å². The van der Waals surface area contributed by atoms with Crippen LogP contribution in [0.4, 0.5) is 4.79 Å². The summed E-state index contributed by atoms with van der Waals surface area (Å²) in [6.07, 6.45) is 1.29. The van der Waals surface area contributed by atoms with E-state index in [1.165, 1.54) is 4.57 Å². The first-order valence-electron chi connectivity index (χ1n) is 7.08. The lowest BCUT2D eigenvalue weighted by Gasteiger charge is -2.19. The molecule has 0 saturated heterocycles. The molecule has 0 aliphatic rings. The fraction of sp³-hybridized carbons (Fsp3) is 0.500. The highest BCUT2D eigenvalue weighted by Crippen LogP contribution is 2.23. The highest BCUT2D eigenvalue weighted by atomic mass is 16.6. The van der Waals surface area contributed by atoms with Gasteiger partial charge in [0, 0.05) is 17.6 Å². The van der Waals surface area contributed by atoms with E-state index in [-0.39, 0.29) is 0 Å². The topological polar surface area (TPSA) is 53.4 Å². The van der Waals surface area contributed by atoms with Crippen LogP contribution in [0.1, 0.15) is 40.2 Å². The Kier molecular flexibility index (Phi) is 5.35. The molecule has 0 saturated carbocycles. The van der Waals surface area contributed by atoms with Crippen molar-refractivity contribution in [2.45, 2.75) is 47.1 Å². The van der Waals surface area contributed by atoms with E-state index in [0.29, 0.717) is 11.5 Å². The predicted octanol–water partition coefficient (Wildman–Crippen LogP) is 4.16. The Balaban J connectivity index is 0.00000106. The Bertz CT molecular complexity index is 624. The maximum atomic E-state index is 12.1. The van der Waals surface area contributed by atoms with Gasteiger partial charge in [-0.3, -0.25) is 0 Å². The lowest BCUT2D eigenvalue weighted by molar-refractivity contribution is 0.0543. The third-order valence-electron chi connectivity index (χ3n) is 2.62. The van der Waals surface area contributed by atoms with E-state index in [0.717, 1.165) is 10.9 Å². The molecule has 5 heteroatoms. The summed E-state index contributed by atoms with van der Waals surface area (Å²) in [5, 5.41) is 0.909. The van der Waals surface area contributed by atoms with Crippen molar-refractivity contribution >= 4 is 17.1 Å². The highest BCUT2D eigenvalue weighted by Gasteiger charge is 2.20. The van der Waals surface area contributed by atoms with Crippen molar-refractivity contribution in [3.8, 4) is 5.88 Å². The molecule has 2 rings (SSSR count). The number of aromatic nitrogens is 2. The fourth-order valence-electron chi connectivity index (χ4n) is 1.81. The van der Waals surface area contributed by atoms with E-state index in [2.05, 4.69) is 4.98 Å². The van der Waals surface area contributed by atoms with Gasteiger partial charge in [-0.1, -0.05) is 13.8 Å². The Morgan fingerprint density at radius 3 is 2.38 bits per heavy atom. The van der Waals surface area contributed by atoms with Crippen molar-refractivity contribution in [3.63, 3.8) is 0 Å². The van der Waals surface area contributed by atoms with Crippen molar-refractivity contribution in [2.24, 2.45) is 0 Å². The molecule has 2 aromatic heterocycles. The molecule has 0 aliphatic heterocycles. The van der Waals surface area contributed by atoms with E-state index in [1.807, 2.05) is 47.6 Å². The number of nitrogens with zero attached hydrogens (tertiary/aromatic N) is 2. The average Bonchev–Trinajstić information content (AvgIpc) is 2.76. The van der Waals surface area contributed by atoms with Crippen molar-refractivity contribution in [1.29, 1.82) is 0 Å². The number of carbonyl (C=O) groups is 1. The number of methoxy groups -OCH3 is 1. The molecule has 0 fully saturated rings. The van der Waals surface area contributed by atoms with Crippen LogP contribution in [0.25, 0.3) is 11.0 Å². The highest BCUT2D eigenvalue weighted by molar-refractivity contribution is 5.89. The van der Waals surface area contributed by atoms with E-state index in [1.54, 1.807) is 19.4 Å². The SMILES string of the molecule is CC.COc1ccc2c(C)cn(C(=O)OC(C)(C)C)c2n1. The number of ether oxygens (including phenoxy) is 2. The van der Waals surface area contributed by atoms with Gasteiger partial charge in [0.1, 0.15) is 5.60 Å². The third kappa shape index (κ3) is 3.97. The zero-order chi connectivity index (χ0) is 16.2. The van der Waals surface area contributed by atoms with Crippen LogP contribution in [-0.4, -0.2) is 28.4 Å². The summed E-state index contributed by atoms with van der Waals surface area (Å²) >= 11 is 0. The van der Waals surface area contributed by atoms with Crippen LogP contribution in [0, 0.1) is 6.92 Å². The van der Waals surface area contributed by atoms with Gasteiger partial charge in [-0.25, -0.2) is 9.36 Å². The minimum Gasteiger partial charge on any atom is -0.481 e. The second-order valence-corrected chi connectivity index (χ2v) is 5.39. The zero-order valence-electron chi connectivity index (χ0n) is 13.9. The van der Waals surface area contributed by atoms with Crippen molar-refractivity contribution in [3.05, 3.63) is 23.9 Å². The number of pyridine rings is 1. The summed E-state index contributed by atoms with van der Waals surface area (Å²) in [6.45, 7) is 11.4. The first-order valence-corrected chi connectivity index (χ1v) is 7.08. The van der Waals surface area contributed by atoms with Gasteiger partial charge in [0.2, 0.25) is 5.88 Å². The molecule has 0 aliphatic carbocycles. The Morgan fingerprint density at radius 2 is 1.86 bits per heavy atom. The minimum atomic E-state index is -0.541. The van der Waals surface area contributed by atoms with Crippen LogP contribution in [0.15, 0.2) is 18.3 Å². The lowest BCUT2D eigenvalue weighted by Crippen LogP contribution is -2.26. The third-order valence-corrected chi connectivity index (χ3v) is 2.62. The largest absolute Gasteiger partial charge is 0.481 e. The molecule has 0 bridgehead atoms. The number of fused-ring (bicyclic) bond motifs is 1. The second kappa shape index (κ2) is 6.61. The molecule has 0 unspecified atom stereocenters. The Morgan fingerprint density at radius 1 is 1.24 bits per heavy atom. The standard InChI is InChI=1S/C14H18N2O3.C2H6/c1-9-8-16(13(17)19-14(2,3)4)12-10(9)6-7-11(15-12)18-5;1-2/h6-8H,1-5H3;1-2H3. The predicted molar refractivity (Wildman–Crippen MR) is 84.0 cm³/mol. The quantitative estimate of drug-likeness (QED) is 0.792. The van der Waals surface area contributed by atoms with E-state index in [9.17, 15) is 4.79 Å². The van der Waals surface area contributed by atoms with Gasteiger partial charge in [-0.2, -0.15) is 4.98 Å². The summed E-state index contributed by atoms with van der Waals surface area (Å²) in [5.41, 5.74) is 0.975. The summed E-state index contributed by atoms with van der Waals surface area (Å²) in [6, 6.07) is 3.66.